The highest BCUT2D eigenvalue weighted by molar-refractivity contribution is 5.99. The highest BCUT2D eigenvalue weighted by Gasteiger charge is 2.13. The first-order valence-corrected chi connectivity index (χ1v) is 15.8. The zero-order valence-corrected chi connectivity index (χ0v) is 26.0. The molecule has 7 aromatic carbocycles. The fraction of sp³-hybridized carbons (Fsp3) is 0. The number of aromatic nitrogens is 3. The molecule has 0 atom stereocenters. The summed E-state index contributed by atoms with van der Waals surface area (Å²) in [4.78, 5) is 14.6. The molecule has 4 heteroatoms. The quantitative estimate of drug-likeness (QED) is 0.187. The summed E-state index contributed by atoms with van der Waals surface area (Å²) in [5, 5.41) is 11.9. The van der Waals surface area contributed by atoms with Crippen LogP contribution >= 0.6 is 0 Å². The van der Waals surface area contributed by atoms with Crippen LogP contribution in [0.3, 0.4) is 0 Å². The first kappa shape index (κ1) is 28.8. The molecular weight excluding hydrogens is 585 g/mol. The van der Waals surface area contributed by atoms with E-state index in [9.17, 15) is 5.26 Å². The first-order chi connectivity index (χ1) is 23.7. The highest BCUT2D eigenvalue weighted by atomic mass is 15.0. The van der Waals surface area contributed by atoms with Crippen molar-refractivity contribution in [2.24, 2.45) is 0 Å². The Bertz CT molecular complexity index is 2370. The second-order valence-corrected chi connectivity index (χ2v) is 11.6. The molecule has 0 aliphatic carbocycles. The minimum absolute atomic E-state index is 0.635. The largest absolute Gasteiger partial charge is 0.208 e. The van der Waals surface area contributed by atoms with Crippen LogP contribution in [0.2, 0.25) is 0 Å². The van der Waals surface area contributed by atoms with Crippen LogP contribution in [0.15, 0.2) is 170 Å². The minimum atomic E-state index is 0.635. The third-order valence-corrected chi connectivity index (χ3v) is 8.61. The van der Waals surface area contributed by atoms with Crippen LogP contribution in [-0.2, 0) is 0 Å². The molecule has 8 aromatic rings. The van der Waals surface area contributed by atoms with E-state index in [4.69, 9.17) is 15.0 Å². The van der Waals surface area contributed by atoms with Crippen molar-refractivity contribution in [2.75, 3.05) is 0 Å². The van der Waals surface area contributed by atoms with E-state index < -0.39 is 0 Å². The van der Waals surface area contributed by atoms with E-state index in [0.29, 0.717) is 23.0 Å². The third kappa shape index (κ3) is 5.62. The van der Waals surface area contributed by atoms with Crippen molar-refractivity contribution in [3.8, 4) is 73.6 Å². The van der Waals surface area contributed by atoms with Crippen LogP contribution in [0.25, 0.3) is 78.3 Å². The second-order valence-electron chi connectivity index (χ2n) is 11.6. The lowest BCUT2D eigenvalue weighted by Crippen LogP contribution is -2.00. The predicted molar refractivity (Wildman–Crippen MR) is 195 cm³/mol. The van der Waals surface area contributed by atoms with Gasteiger partial charge in [0.15, 0.2) is 17.5 Å². The summed E-state index contributed by atoms with van der Waals surface area (Å²) in [5.74, 6) is 1.93. The maximum atomic E-state index is 9.57. The lowest BCUT2D eigenvalue weighted by molar-refractivity contribution is 1.07. The van der Waals surface area contributed by atoms with Crippen LogP contribution in [0, 0.1) is 11.3 Å². The molecule has 0 bridgehead atoms. The zero-order valence-electron chi connectivity index (χ0n) is 26.0. The average molecular weight is 613 g/mol. The Morgan fingerprint density at radius 1 is 0.354 bits per heavy atom. The van der Waals surface area contributed by atoms with Gasteiger partial charge < -0.3 is 0 Å². The van der Waals surface area contributed by atoms with Gasteiger partial charge in [-0.2, -0.15) is 5.26 Å². The van der Waals surface area contributed by atoms with Crippen LogP contribution in [-0.4, -0.2) is 15.0 Å². The summed E-state index contributed by atoms with van der Waals surface area (Å²) in [6.45, 7) is 0. The molecule has 0 N–H and O–H groups in total. The van der Waals surface area contributed by atoms with Crippen molar-refractivity contribution in [3.05, 3.63) is 175 Å². The Hall–Kier alpha value is -6.70. The molecule has 0 aliphatic rings. The SMILES string of the molecule is N#Cc1ccccc1-c1ccc(-c2cccc3ccc(-c4ccc(-c5nc(-c6ccccc6)nc(-c6ccccc6)n5)cc4)cc23)cc1. The van der Waals surface area contributed by atoms with Gasteiger partial charge in [0.1, 0.15) is 0 Å². The molecule has 0 spiro atoms. The van der Waals surface area contributed by atoms with Crippen LogP contribution in [0.5, 0.6) is 0 Å². The first-order valence-electron chi connectivity index (χ1n) is 15.8. The molecule has 48 heavy (non-hydrogen) atoms. The number of benzene rings is 7. The second kappa shape index (κ2) is 12.6. The van der Waals surface area contributed by atoms with Gasteiger partial charge in [0.25, 0.3) is 0 Å². The topological polar surface area (TPSA) is 62.5 Å². The number of nitrogens with zero attached hydrogens (tertiary/aromatic N) is 4. The lowest BCUT2D eigenvalue weighted by atomic mass is 9.93. The normalized spacial score (nSPS) is 10.9. The van der Waals surface area contributed by atoms with Gasteiger partial charge in [0, 0.05) is 16.7 Å². The predicted octanol–water partition coefficient (Wildman–Crippen LogP) is 10.9. The monoisotopic (exact) mass is 612 g/mol. The van der Waals surface area contributed by atoms with Crippen molar-refractivity contribution >= 4 is 10.8 Å². The van der Waals surface area contributed by atoms with Crippen molar-refractivity contribution < 1.29 is 0 Å². The standard InChI is InChI=1S/C44H28N4/c45-29-38-14-7-8-16-39(38)32-20-22-33(23-21-32)40-17-9-15-31-24-27-37(28-41(31)40)30-18-25-36(26-19-30)44-47-42(34-10-3-1-4-11-34)46-43(48-44)35-12-5-2-6-13-35/h1-28H. The zero-order chi connectivity index (χ0) is 32.3. The molecule has 8 rings (SSSR count). The van der Waals surface area contributed by atoms with Crippen LogP contribution in [0.4, 0.5) is 0 Å². The van der Waals surface area contributed by atoms with Crippen molar-refractivity contribution in [1.29, 1.82) is 5.26 Å². The maximum Gasteiger partial charge on any atom is 0.164 e. The van der Waals surface area contributed by atoms with E-state index in [2.05, 4.69) is 91.0 Å². The fourth-order valence-corrected chi connectivity index (χ4v) is 6.12. The Labute approximate surface area is 279 Å². The van der Waals surface area contributed by atoms with Gasteiger partial charge in [0.05, 0.1) is 11.6 Å². The molecule has 0 unspecified atom stereocenters. The summed E-state index contributed by atoms with van der Waals surface area (Å²) < 4.78 is 0. The average Bonchev–Trinajstić information content (AvgIpc) is 3.18. The fourth-order valence-electron chi connectivity index (χ4n) is 6.12. The molecule has 224 valence electrons. The summed E-state index contributed by atoms with van der Waals surface area (Å²) in [5.41, 5.74) is 10.0. The molecule has 0 radical (unpaired) electrons. The maximum absolute atomic E-state index is 9.57. The van der Waals surface area contributed by atoms with Crippen molar-refractivity contribution in [3.63, 3.8) is 0 Å². The van der Waals surface area contributed by atoms with Gasteiger partial charge >= 0.3 is 0 Å². The number of fused-ring (bicyclic) bond motifs is 1. The Balaban J connectivity index is 1.14. The molecular formula is C44H28N4. The summed E-state index contributed by atoms with van der Waals surface area (Å²) in [6, 6.07) is 60.0. The molecule has 0 saturated carbocycles. The number of rotatable bonds is 6. The van der Waals surface area contributed by atoms with E-state index in [1.165, 1.54) is 10.8 Å². The molecule has 0 aliphatic heterocycles. The smallest absolute Gasteiger partial charge is 0.164 e. The van der Waals surface area contributed by atoms with Gasteiger partial charge in [-0.15, -0.1) is 0 Å². The molecule has 0 saturated heterocycles. The van der Waals surface area contributed by atoms with Gasteiger partial charge in [0.2, 0.25) is 0 Å². The van der Waals surface area contributed by atoms with Gasteiger partial charge in [-0.3, -0.25) is 0 Å². The summed E-state index contributed by atoms with van der Waals surface area (Å²) in [7, 11) is 0. The third-order valence-electron chi connectivity index (χ3n) is 8.61. The Kier molecular flexibility index (Phi) is 7.54. The number of hydrogen-bond donors (Lipinski definition) is 0. The van der Waals surface area contributed by atoms with Gasteiger partial charge in [-0.05, 0) is 56.3 Å². The molecule has 1 aromatic heterocycles. The van der Waals surface area contributed by atoms with Gasteiger partial charge in [-0.1, -0.05) is 158 Å². The van der Waals surface area contributed by atoms with E-state index in [1.54, 1.807) is 0 Å². The molecule has 0 amide bonds. The Morgan fingerprint density at radius 3 is 1.42 bits per heavy atom. The number of hydrogen-bond acceptors (Lipinski definition) is 4. The lowest BCUT2D eigenvalue weighted by Gasteiger charge is -2.12. The van der Waals surface area contributed by atoms with Crippen LogP contribution in [0.1, 0.15) is 5.56 Å². The van der Waals surface area contributed by atoms with Gasteiger partial charge in [-0.25, -0.2) is 15.0 Å². The van der Waals surface area contributed by atoms with E-state index in [-0.39, 0.29) is 0 Å². The Morgan fingerprint density at radius 2 is 0.812 bits per heavy atom. The van der Waals surface area contributed by atoms with E-state index >= 15 is 0 Å². The molecule has 4 nitrogen and oxygen atoms in total. The van der Waals surface area contributed by atoms with E-state index in [0.717, 1.165) is 50.1 Å². The van der Waals surface area contributed by atoms with E-state index in [1.807, 2.05) is 84.9 Å². The number of nitriles is 1. The highest BCUT2D eigenvalue weighted by Crippen LogP contribution is 2.35. The summed E-state index contributed by atoms with van der Waals surface area (Å²) >= 11 is 0. The van der Waals surface area contributed by atoms with Crippen molar-refractivity contribution in [1.82, 2.24) is 15.0 Å². The molecule has 1 heterocycles. The van der Waals surface area contributed by atoms with Crippen LogP contribution < -0.4 is 0 Å². The minimum Gasteiger partial charge on any atom is -0.208 e. The van der Waals surface area contributed by atoms with Crippen molar-refractivity contribution in [2.45, 2.75) is 0 Å². The molecule has 0 fully saturated rings. The summed E-state index contributed by atoms with van der Waals surface area (Å²) in [6.07, 6.45) is 0.